The van der Waals surface area contributed by atoms with E-state index in [1.807, 2.05) is 0 Å². The molecule has 0 bridgehead atoms. The number of fused-ring (bicyclic) bond motifs is 1. The van der Waals surface area contributed by atoms with Gasteiger partial charge in [0.05, 0.1) is 22.0 Å². The number of rotatable bonds is 4. The molecule has 1 aliphatic rings. The van der Waals surface area contributed by atoms with Crippen LogP contribution < -0.4 is 0 Å². The summed E-state index contributed by atoms with van der Waals surface area (Å²) in [6.07, 6.45) is -0.252. The Bertz CT molecular complexity index is 971. The van der Waals surface area contributed by atoms with Crippen LogP contribution >= 0.6 is 15.9 Å². The minimum absolute atomic E-state index is 0.0368. The van der Waals surface area contributed by atoms with Crippen LogP contribution in [0.2, 0.25) is 0 Å². The number of aromatic nitrogens is 1. The van der Waals surface area contributed by atoms with Crippen LogP contribution in [0.3, 0.4) is 0 Å². The summed E-state index contributed by atoms with van der Waals surface area (Å²) in [7, 11) is 0. The van der Waals surface area contributed by atoms with Gasteiger partial charge in [0.15, 0.2) is 5.71 Å². The Hall–Kier alpha value is -1.50. The summed E-state index contributed by atoms with van der Waals surface area (Å²) < 4.78 is 59.2. The van der Waals surface area contributed by atoms with Crippen molar-refractivity contribution in [2.75, 3.05) is 0 Å². The van der Waals surface area contributed by atoms with Crippen molar-refractivity contribution in [1.82, 2.24) is 4.57 Å². The van der Waals surface area contributed by atoms with Gasteiger partial charge in [0.25, 0.3) is 6.43 Å². The van der Waals surface area contributed by atoms with E-state index < -0.39 is 34.1 Å². The lowest BCUT2D eigenvalue weighted by molar-refractivity contribution is 0.226. The topological polar surface area (TPSA) is 64.1 Å². The quantitative estimate of drug-likeness (QED) is 0.432. The van der Waals surface area contributed by atoms with Crippen LogP contribution in [0.1, 0.15) is 45.2 Å². The van der Waals surface area contributed by atoms with Crippen molar-refractivity contribution in [3.63, 3.8) is 0 Å². The van der Waals surface area contributed by atoms with E-state index >= 15 is 0 Å². The third-order valence-corrected chi connectivity index (χ3v) is 6.77. The fourth-order valence-corrected chi connectivity index (χ4v) is 4.07. The third kappa shape index (κ3) is 3.95. The Kier molecular flexibility index (Phi) is 5.86. The number of hydrogen-bond acceptors (Lipinski definition) is 3. The lowest BCUT2D eigenvalue weighted by atomic mass is 9.81. The molecule has 1 unspecified atom stereocenters. The lowest BCUT2D eigenvalue weighted by Crippen LogP contribution is -2.28. The van der Waals surface area contributed by atoms with Crippen molar-refractivity contribution in [2.45, 2.75) is 50.8 Å². The smallest absolute Gasteiger partial charge is 0.285 e. The molecule has 1 aromatic carbocycles. The second-order valence-corrected chi connectivity index (χ2v) is 10.6. The van der Waals surface area contributed by atoms with Crippen LogP contribution in [0.4, 0.5) is 13.2 Å². The van der Waals surface area contributed by atoms with E-state index in [0.717, 1.165) is 0 Å². The summed E-state index contributed by atoms with van der Waals surface area (Å²) in [5.74, 6) is -0.660. The van der Waals surface area contributed by atoms with E-state index in [-0.39, 0.29) is 27.4 Å². The van der Waals surface area contributed by atoms with Gasteiger partial charge < -0.3 is 9.12 Å². The van der Waals surface area contributed by atoms with Gasteiger partial charge in [0, 0.05) is 23.2 Å². The van der Waals surface area contributed by atoms with E-state index in [0.29, 0.717) is 18.4 Å². The molecular formula is C19H19BrF3N3OS. The Morgan fingerprint density at radius 1 is 1.39 bits per heavy atom. The predicted molar refractivity (Wildman–Crippen MR) is 107 cm³/mol. The van der Waals surface area contributed by atoms with Crippen molar-refractivity contribution in [3.8, 4) is 6.07 Å². The maximum atomic E-state index is 14.2. The second-order valence-electron chi connectivity index (χ2n) is 7.82. The van der Waals surface area contributed by atoms with Crippen LogP contribution in [0.15, 0.2) is 27.2 Å². The fraction of sp³-hybridized carbons (Fsp3) is 0.474. The molecule has 150 valence electrons. The molecule has 0 radical (unpaired) electrons. The molecule has 0 saturated heterocycles. The molecule has 9 heteroatoms. The summed E-state index contributed by atoms with van der Waals surface area (Å²) in [6, 6.07) is 4.88. The van der Waals surface area contributed by atoms with Crippen LogP contribution in [-0.4, -0.2) is 26.0 Å². The van der Waals surface area contributed by atoms with Gasteiger partial charge in [0.2, 0.25) is 0 Å². The number of halogens is 4. The van der Waals surface area contributed by atoms with E-state index in [9.17, 15) is 17.7 Å². The zero-order chi connectivity index (χ0) is 20.8. The predicted octanol–water partition coefficient (Wildman–Crippen LogP) is 5.53. The van der Waals surface area contributed by atoms with Gasteiger partial charge in [0.1, 0.15) is 21.9 Å². The Balaban J connectivity index is 2.18. The molecule has 0 N–H and O–H groups in total. The highest BCUT2D eigenvalue weighted by Crippen LogP contribution is 2.41. The first-order chi connectivity index (χ1) is 13.0. The van der Waals surface area contributed by atoms with Gasteiger partial charge in [-0.3, -0.25) is 0 Å². The number of nitrogens with zero attached hydrogens (tertiary/aromatic N) is 3. The van der Waals surface area contributed by atoms with Crippen molar-refractivity contribution >= 4 is 43.9 Å². The van der Waals surface area contributed by atoms with Gasteiger partial charge in [-0.1, -0.05) is 4.40 Å². The van der Waals surface area contributed by atoms with Crippen LogP contribution in [0.25, 0.3) is 10.9 Å². The largest absolute Gasteiger partial charge is 0.591 e. The monoisotopic (exact) mass is 473 g/mol. The molecule has 1 aliphatic carbocycles. The zero-order valence-corrected chi connectivity index (χ0v) is 18.0. The number of hydrogen-bond donors (Lipinski definition) is 0. The Labute approximate surface area is 172 Å². The Morgan fingerprint density at radius 2 is 2.04 bits per heavy atom. The van der Waals surface area contributed by atoms with Crippen LogP contribution in [0.5, 0.6) is 0 Å². The molecule has 2 aromatic rings. The first kappa shape index (κ1) is 21.2. The maximum Gasteiger partial charge on any atom is 0.285 e. The van der Waals surface area contributed by atoms with E-state index in [4.69, 9.17) is 5.26 Å². The highest BCUT2D eigenvalue weighted by atomic mass is 79.9. The number of benzene rings is 1. The molecule has 0 amide bonds. The van der Waals surface area contributed by atoms with Gasteiger partial charge >= 0.3 is 0 Å². The van der Waals surface area contributed by atoms with E-state index in [1.54, 1.807) is 25.3 Å². The molecular weight excluding hydrogens is 455 g/mol. The summed E-state index contributed by atoms with van der Waals surface area (Å²) >= 11 is 1.25. The maximum absolute atomic E-state index is 14.2. The summed E-state index contributed by atoms with van der Waals surface area (Å²) in [6.45, 7) is 4.93. The molecule has 3 rings (SSSR count). The molecule has 28 heavy (non-hydrogen) atoms. The second kappa shape index (κ2) is 7.73. The van der Waals surface area contributed by atoms with Crippen LogP contribution in [-0.2, 0) is 11.4 Å². The summed E-state index contributed by atoms with van der Waals surface area (Å²) in [4.78, 5) is 0. The summed E-state index contributed by atoms with van der Waals surface area (Å²) in [5.41, 5.74) is 0.0175. The SMILES string of the molecule is CC(C)(C)[S+]([O-])N=C(c1cn(C2CC(C#N)C2)c2cc(Br)c(F)cc12)C(F)F. The van der Waals surface area contributed by atoms with Crippen molar-refractivity contribution in [1.29, 1.82) is 5.26 Å². The molecule has 1 aromatic heterocycles. The highest BCUT2D eigenvalue weighted by molar-refractivity contribution is 9.10. The standard InChI is InChI=1S/C19H19BrF3N3OS/c1-19(2,3)28(27)25-17(18(22)23)13-9-26(11-4-10(5-11)8-24)16-7-14(20)15(21)6-12(13)16/h6-7,9-11,18H,4-5H2,1-3H3. The molecule has 1 saturated carbocycles. The minimum atomic E-state index is -2.97. The van der Waals surface area contributed by atoms with E-state index in [1.165, 1.54) is 18.3 Å². The Morgan fingerprint density at radius 3 is 2.57 bits per heavy atom. The van der Waals surface area contributed by atoms with Crippen molar-refractivity contribution < 1.29 is 17.7 Å². The molecule has 1 fully saturated rings. The normalized spacial score (nSPS) is 21.6. The van der Waals surface area contributed by atoms with Gasteiger partial charge in [-0.15, -0.1) is 0 Å². The molecule has 1 heterocycles. The fourth-order valence-electron chi connectivity index (χ4n) is 3.10. The third-order valence-electron chi connectivity index (χ3n) is 4.75. The molecule has 0 spiro atoms. The first-order valence-electron chi connectivity index (χ1n) is 8.71. The zero-order valence-electron chi connectivity index (χ0n) is 15.5. The lowest BCUT2D eigenvalue weighted by Gasteiger charge is -2.32. The summed E-state index contributed by atoms with van der Waals surface area (Å²) in [5, 5.41) is 9.30. The average molecular weight is 474 g/mol. The minimum Gasteiger partial charge on any atom is -0.591 e. The number of alkyl halides is 2. The molecule has 4 nitrogen and oxygen atoms in total. The van der Waals surface area contributed by atoms with Crippen molar-refractivity contribution in [3.05, 3.63) is 34.2 Å². The van der Waals surface area contributed by atoms with Gasteiger partial charge in [-0.25, -0.2) is 13.2 Å². The van der Waals surface area contributed by atoms with Gasteiger partial charge in [-0.05, 0) is 61.7 Å². The first-order valence-corrected chi connectivity index (χ1v) is 10.6. The molecule has 1 atom stereocenters. The van der Waals surface area contributed by atoms with Gasteiger partial charge in [-0.2, -0.15) is 5.26 Å². The van der Waals surface area contributed by atoms with Crippen LogP contribution in [0, 0.1) is 23.1 Å². The highest BCUT2D eigenvalue weighted by Gasteiger charge is 2.35. The van der Waals surface area contributed by atoms with Crippen molar-refractivity contribution in [2.24, 2.45) is 10.3 Å². The average Bonchev–Trinajstić information content (AvgIpc) is 2.89. The molecule has 0 aliphatic heterocycles. The van der Waals surface area contributed by atoms with E-state index in [2.05, 4.69) is 26.4 Å². The number of nitriles is 1.